The van der Waals surface area contributed by atoms with Gasteiger partial charge in [0.05, 0.1) is 17.8 Å². The maximum absolute atomic E-state index is 11.7. The Labute approximate surface area is 113 Å². The number of carbonyl (C=O) groups is 1. The van der Waals surface area contributed by atoms with E-state index in [2.05, 4.69) is 22.5 Å². The lowest BCUT2D eigenvalue weighted by molar-refractivity contribution is -0.136. The van der Waals surface area contributed by atoms with Gasteiger partial charge in [-0.25, -0.2) is 0 Å². The minimum Gasteiger partial charge on any atom is -0.363 e. The molecule has 0 unspecified atom stereocenters. The summed E-state index contributed by atoms with van der Waals surface area (Å²) in [6, 6.07) is 3.95. The maximum Gasteiger partial charge on any atom is 0.246 e. The molecular weight excluding hydrogens is 242 g/mol. The zero-order valence-electron chi connectivity index (χ0n) is 11.5. The molecule has 5 nitrogen and oxygen atoms in total. The van der Waals surface area contributed by atoms with Crippen molar-refractivity contribution in [3.8, 4) is 0 Å². The molecule has 104 valence electrons. The summed E-state index contributed by atoms with van der Waals surface area (Å²) in [4.78, 5) is 16.0. The van der Waals surface area contributed by atoms with Crippen LogP contribution in [0.2, 0.25) is 0 Å². The molecule has 1 amide bonds. The summed E-state index contributed by atoms with van der Waals surface area (Å²) < 4.78 is 5.58. The quantitative estimate of drug-likeness (QED) is 0.790. The van der Waals surface area contributed by atoms with Crippen LogP contribution < -0.4 is 10.6 Å². The van der Waals surface area contributed by atoms with Gasteiger partial charge in [0.1, 0.15) is 6.61 Å². The zero-order valence-corrected chi connectivity index (χ0v) is 11.5. The number of hydrogen-bond acceptors (Lipinski definition) is 4. The van der Waals surface area contributed by atoms with E-state index in [9.17, 15) is 4.79 Å². The molecule has 19 heavy (non-hydrogen) atoms. The summed E-state index contributed by atoms with van der Waals surface area (Å²) in [5.74, 6) is -0.0965. The fourth-order valence-corrected chi connectivity index (χ4v) is 2.00. The molecule has 1 aromatic rings. The van der Waals surface area contributed by atoms with Crippen LogP contribution >= 0.6 is 0 Å². The average Bonchev–Trinajstić information content (AvgIpc) is 2.41. The fourth-order valence-electron chi connectivity index (χ4n) is 2.00. The van der Waals surface area contributed by atoms with Gasteiger partial charge in [-0.1, -0.05) is 13.0 Å². The molecule has 1 aliphatic heterocycles. The Bertz CT molecular complexity index is 444. The first-order valence-corrected chi connectivity index (χ1v) is 6.67. The Morgan fingerprint density at radius 1 is 1.58 bits per heavy atom. The molecule has 0 aliphatic carbocycles. The van der Waals surface area contributed by atoms with Crippen molar-refractivity contribution in [3.63, 3.8) is 0 Å². The van der Waals surface area contributed by atoms with Crippen molar-refractivity contribution >= 4 is 5.91 Å². The molecular formula is C14H21N3O2. The smallest absolute Gasteiger partial charge is 0.246 e. The van der Waals surface area contributed by atoms with E-state index in [-0.39, 0.29) is 18.1 Å². The van der Waals surface area contributed by atoms with Crippen molar-refractivity contribution in [2.45, 2.75) is 32.4 Å². The van der Waals surface area contributed by atoms with Crippen LogP contribution in [0.4, 0.5) is 0 Å². The summed E-state index contributed by atoms with van der Waals surface area (Å²) >= 11 is 0. The summed E-state index contributed by atoms with van der Waals surface area (Å²) in [6.07, 6.45) is 2.66. The molecule has 2 rings (SSSR count). The molecule has 0 saturated carbocycles. The van der Waals surface area contributed by atoms with Gasteiger partial charge < -0.3 is 15.4 Å². The Kier molecular flexibility index (Phi) is 4.50. The van der Waals surface area contributed by atoms with Gasteiger partial charge in [0.15, 0.2) is 0 Å². The van der Waals surface area contributed by atoms with Crippen LogP contribution in [0.25, 0.3) is 0 Å². The predicted molar refractivity (Wildman–Crippen MR) is 72.7 cm³/mol. The van der Waals surface area contributed by atoms with Gasteiger partial charge >= 0.3 is 0 Å². The summed E-state index contributed by atoms with van der Waals surface area (Å²) in [7, 11) is 0. The van der Waals surface area contributed by atoms with Crippen LogP contribution in [0.1, 0.15) is 25.1 Å². The Hall–Kier alpha value is -1.46. The maximum atomic E-state index is 11.7. The average molecular weight is 263 g/mol. The molecule has 1 fully saturated rings. The van der Waals surface area contributed by atoms with Crippen LogP contribution in [-0.2, 0) is 22.5 Å². The van der Waals surface area contributed by atoms with Gasteiger partial charge in [-0.2, -0.15) is 0 Å². The van der Waals surface area contributed by atoms with Crippen LogP contribution in [0.15, 0.2) is 18.3 Å². The SMILES string of the molecule is CCc1cccnc1CNC(=O)COC1(C)CNC1. The monoisotopic (exact) mass is 263 g/mol. The van der Waals surface area contributed by atoms with Crippen molar-refractivity contribution in [1.82, 2.24) is 15.6 Å². The molecule has 0 spiro atoms. The fraction of sp³-hybridized carbons (Fsp3) is 0.571. The summed E-state index contributed by atoms with van der Waals surface area (Å²) in [5, 5.41) is 5.98. The highest BCUT2D eigenvalue weighted by molar-refractivity contribution is 5.77. The third-order valence-electron chi connectivity index (χ3n) is 3.37. The first-order valence-electron chi connectivity index (χ1n) is 6.67. The van der Waals surface area contributed by atoms with E-state index in [0.29, 0.717) is 6.54 Å². The highest BCUT2D eigenvalue weighted by Crippen LogP contribution is 2.14. The Morgan fingerprint density at radius 2 is 2.37 bits per heavy atom. The highest BCUT2D eigenvalue weighted by atomic mass is 16.5. The number of aromatic nitrogens is 1. The first kappa shape index (κ1) is 14.0. The van der Waals surface area contributed by atoms with E-state index in [0.717, 1.165) is 25.2 Å². The lowest BCUT2D eigenvalue weighted by Gasteiger charge is -2.38. The van der Waals surface area contributed by atoms with Crippen molar-refractivity contribution < 1.29 is 9.53 Å². The van der Waals surface area contributed by atoms with Crippen LogP contribution in [0.3, 0.4) is 0 Å². The third kappa shape index (κ3) is 3.75. The molecule has 2 N–H and O–H groups in total. The number of aryl methyl sites for hydroxylation is 1. The van der Waals surface area contributed by atoms with Gasteiger partial charge in [0, 0.05) is 19.3 Å². The number of hydrogen-bond donors (Lipinski definition) is 2. The molecule has 1 saturated heterocycles. The van der Waals surface area contributed by atoms with Crippen LogP contribution in [0.5, 0.6) is 0 Å². The lowest BCUT2D eigenvalue weighted by Crippen LogP contribution is -2.59. The largest absolute Gasteiger partial charge is 0.363 e. The van der Waals surface area contributed by atoms with Gasteiger partial charge in [-0.05, 0) is 25.0 Å². The number of nitrogens with zero attached hydrogens (tertiary/aromatic N) is 1. The minimum atomic E-state index is -0.184. The number of amides is 1. The van der Waals surface area contributed by atoms with E-state index in [1.807, 2.05) is 19.1 Å². The zero-order chi connectivity index (χ0) is 13.7. The van der Waals surface area contributed by atoms with E-state index in [4.69, 9.17) is 4.74 Å². The number of rotatable bonds is 6. The van der Waals surface area contributed by atoms with Crippen molar-refractivity contribution in [3.05, 3.63) is 29.6 Å². The van der Waals surface area contributed by atoms with Gasteiger partial charge in [0.25, 0.3) is 0 Å². The second-order valence-electron chi connectivity index (χ2n) is 5.08. The van der Waals surface area contributed by atoms with Crippen molar-refractivity contribution in [2.75, 3.05) is 19.7 Å². The molecule has 1 aliphatic rings. The summed E-state index contributed by atoms with van der Waals surface area (Å²) in [6.45, 7) is 6.26. The van der Waals surface area contributed by atoms with Crippen molar-refractivity contribution in [2.24, 2.45) is 0 Å². The number of pyridine rings is 1. The van der Waals surface area contributed by atoms with Crippen LogP contribution in [-0.4, -0.2) is 36.2 Å². The van der Waals surface area contributed by atoms with Crippen molar-refractivity contribution in [1.29, 1.82) is 0 Å². The Morgan fingerprint density at radius 3 is 3.00 bits per heavy atom. The van der Waals surface area contributed by atoms with Gasteiger partial charge in [0.2, 0.25) is 5.91 Å². The first-order chi connectivity index (χ1) is 9.13. The molecule has 0 bridgehead atoms. The second-order valence-corrected chi connectivity index (χ2v) is 5.08. The normalized spacial score (nSPS) is 16.7. The second kappa shape index (κ2) is 6.12. The predicted octanol–water partition coefficient (Wildman–Crippen LogP) is 0.639. The van der Waals surface area contributed by atoms with E-state index >= 15 is 0 Å². The van der Waals surface area contributed by atoms with E-state index in [1.165, 1.54) is 5.56 Å². The number of carbonyl (C=O) groups excluding carboxylic acids is 1. The number of nitrogens with one attached hydrogen (secondary N) is 2. The molecule has 0 aromatic carbocycles. The van der Waals surface area contributed by atoms with E-state index < -0.39 is 0 Å². The van der Waals surface area contributed by atoms with Crippen LogP contribution in [0, 0.1) is 0 Å². The minimum absolute atomic E-state index is 0.0965. The third-order valence-corrected chi connectivity index (χ3v) is 3.37. The highest BCUT2D eigenvalue weighted by Gasteiger charge is 2.32. The Balaban J connectivity index is 1.76. The molecule has 5 heteroatoms. The molecule has 0 atom stereocenters. The summed E-state index contributed by atoms with van der Waals surface area (Å²) in [5.41, 5.74) is 1.91. The molecule has 0 radical (unpaired) electrons. The molecule has 1 aromatic heterocycles. The standard InChI is InChI=1S/C14H21N3O2/c1-3-11-5-4-6-16-12(11)7-17-13(18)8-19-14(2)9-15-10-14/h4-6,15H,3,7-10H2,1-2H3,(H,17,18). The number of ether oxygens (including phenoxy) is 1. The lowest BCUT2D eigenvalue weighted by atomic mass is 10.0. The topological polar surface area (TPSA) is 63.2 Å². The van der Waals surface area contributed by atoms with Gasteiger partial charge in [-0.3, -0.25) is 9.78 Å². The molecule has 2 heterocycles. The van der Waals surface area contributed by atoms with E-state index in [1.54, 1.807) is 6.20 Å². The van der Waals surface area contributed by atoms with Gasteiger partial charge in [-0.15, -0.1) is 0 Å².